The van der Waals surface area contributed by atoms with Gasteiger partial charge in [0.15, 0.2) is 0 Å². The standard InChI is InChI=1S/C20H20N4O2/c1-14-5-4-6-16(13-14)20(25)24-12-3-2-7-17(24)19-22-18(23-26-19)15-8-10-21-11-9-15/h4-6,8-11,13,17H,2-3,7,12H2,1H3/t17-/m0/s1. The smallest absolute Gasteiger partial charge is 0.254 e. The lowest BCUT2D eigenvalue weighted by Crippen LogP contribution is -2.38. The normalized spacial score (nSPS) is 17.3. The maximum Gasteiger partial charge on any atom is 0.254 e. The van der Waals surface area contributed by atoms with Crippen molar-refractivity contribution in [2.24, 2.45) is 0 Å². The lowest BCUT2D eigenvalue weighted by molar-refractivity contribution is 0.0561. The molecule has 3 heterocycles. The van der Waals surface area contributed by atoms with Gasteiger partial charge in [0.05, 0.1) is 0 Å². The van der Waals surface area contributed by atoms with Gasteiger partial charge < -0.3 is 9.42 Å². The highest BCUT2D eigenvalue weighted by Crippen LogP contribution is 2.32. The second-order valence-electron chi connectivity index (χ2n) is 6.57. The van der Waals surface area contributed by atoms with Gasteiger partial charge in [0.1, 0.15) is 6.04 Å². The molecule has 1 saturated heterocycles. The summed E-state index contributed by atoms with van der Waals surface area (Å²) in [5.74, 6) is 1.04. The zero-order valence-corrected chi connectivity index (χ0v) is 14.6. The molecule has 1 aliphatic rings. The third-order valence-electron chi connectivity index (χ3n) is 4.69. The molecule has 0 spiro atoms. The molecule has 1 aliphatic heterocycles. The number of carbonyl (C=O) groups excluding carboxylic acids is 1. The topological polar surface area (TPSA) is 72.1 Å². The highest BCUT2D eigenvalue weighted by Gasteiger charge is 2.32. The number of carbonyl (C=O) groups is 1. The zero-order chi connectivity index (χ0) is 17.9. The summed E-state index contributed by atoms with van der Waals surface area (Å²) in [6.45, 7) is 2.69. The molecule has 1 aromatic carbocycles. The Hall–Kier alpha value is -3.02. The minimum Gasteiger partial charge on any atom is -0.337 e. The van der Waals surface area contributed by atoms with Gasteiger partial charge in [-0.3, -0.25) is 9.78 Å². The van der Waals surface area contributed by atoms with Crippen LogP contribution in [0.5, 0.6) is 0 Å². The van der Waals surface area contributed by atoms with Gasteiger partial charge >= 0.3 is 0 Å². The van der Waals surface area contributed by atoms with E-state index in [1.54, 1.807) is 12.4 Å². The Balaban J connectivity index is 1.62. The number of pyridine rings is 1. The Morgan fingerprint density at radius 3 is 2.85 bits per heavy atom. The third-order valence-corrected chi connectivity index (χ3v) is 4.69. The van der Waals surface area contributed by atoms with Crippen molar-refractivity contribution in [2.75, 3.05) is 6.54 Å². The van der Waals surface area contributed by atoms with Crippen LogP contribution in [0.15, 0.2) is 53.3 Å². The van der Waals surface area contributed by atoms with E-state index >= 15 is 0 Å². The molecule has 4 rings (SSSR count). The van der Waals surface area contributed by atoms with Crippen molar-refractivity contribution in [2.45, 2.75) is 32.2 Å². The van der Waals surface area contributed by atoms with Crippen LogP contribution in [0.2, 0.25) is 0 Å². The van der Waals surface area contributed by atoms with Crippen LogP contribution in [0.3, 0.4) is 0 Å². The molecule has 1 atom stereocenters. The van der Waals surface area contributed by atoms with Gasteiger partial charge in [0, 0.05) is 30.1 Å². The number of hydrogen-bond donors (Lipinski definition) is 0. The predicted molar refractivity (Wildman–Crippen MR) is 96.3 cm³/mol. The van der Waals surface area contributed by atoms with Crippen LogP contribution in [-0.4, -0.2) is 32.5 Å². The first kappa shape index (κ1) is 16.4. The summed E-state index contributed by atoms with van der Waals surface area (Å²) in [5.41, 5.74) is 2.62. The van der Waals surface area contributed by atoms with Crippen LogP contribution in [0.4, 0.5) is 0 Å². The van der Waals surface area contributed by atoms with E-state index in [2.05, 4.69) is 15.1 Å². The average molecular weight is 348 g/mol. The molecule has 1 amide bonds. The van der Waals surface area contributed by atoms with E-state index in [0.717, 1.165) is 30.4 Å². The molecule has 0 N–H and O–H groups in total. The molecule has 6 heteroatoms. The molecule has 0 unspecified atom stereocenters. The Morgan fingerprint density at radius 1 is 1.19 bits per heavy atom. The summed E-state index contributed by atoms with van der Waals surface area (Å²) in [7, 11) is 0. The van der Waals surface area contributed by atoms with Gasteiger partial charge in [-0.15, -0.1) is 0 Å². The van der Waals surface area contributed by atoms with Crippen molar-refractivity contribution in [1.29, 1.82) is 0 Å². The first-order chi connectivity index (χ1) is 12.7. The molecule has 3 aromatic rings. The molecule has 1 fully saturated rings. The van der Waals surface area contributed by atoms with Crippen LogP contribution >= 0.6 is 0 Å². The molecule has 6 nitrogen and oxygen atoms in total. The van der Waals surface area contributed by atoms with Crippen LogP contribution in [0.25, 0.3) is 11.4 Å². The number of piperidine rings is 1. The second-order valence-corrected chi connectivity index (χ2v) is 6.57. The van der Waals surface area contributed by atoms with Gasteiger partial charge in [0.25, 0.3) is 5.91 Å². The fourth-order valence-electron chi connectivity index (χ4n) is 3.36. The quantitative estimate of drug-likeness (QED) is 0.720. The molecule has 0 bridgehead atoms. The Kier molecular flexibility index (Phi) is 4.48. The summed E-state index contributed by atoms with van der Waals surface area (Å²) in [4.78, 5) is 23.5. The summed E-state index contributed by atoms with van der Waals surface area (Å²) in [6, 6.07) is 11.2. The Morgan fingerprint density at radius 2 is 2.04 bits per heavy atom. The maximum atomic E-state index is 13.0. The number of hydrogen-bond acceptors (Lipinski definition) is 5. The van der Waals surface area contributed by atoms with Crippen molar-refractivity contribution in [3.63, 3.8) is 0 Å². The lowest BCUT2D eigenvalue weighted by atomic mass is 10.00. The van der Waals surface area contributed by atoms with Crippen molar-refractivity contribution >= 4 is 5.91 Å². The summed E-state index contributed by atoms with van der Waals surface area (Å²) in [6.07, 6.45) is 6.24. The predicted octanol–water partition coefficient (Wildman–Crippen LogP) is 3.81. The van der Waals surface area contributed by atoms with E-state index in [4.69, 9.17) is 4.52 Å². The van der Waals surface area contributed by atoms with Crippen LogP contribution in [0, 0.1) is 6.92 Å². The fraction of sp³-hybridized carbons (Fsp3) is 0.300. The van der Waals surface area contributed by atoms with Gasteiger partial charge in [-0.05, 0) is 50.5 Å². The van der Waals surface area contributed by atoms with E-state index in [1.165, 1.54) is 0 Å². The number of rotatable bonds is 3. The first-order valence-electron chi connectivity index (χ1n) is 8.84. The van der Waals surface area contributed by atoms with Crippen molar-refractivity contribution in [1.82, 2.24) is 20.0 Å². The van der Waals surface area contributed by atoms with Crippen LogP contribution in [0.1, 0.15) is 47.1 Å². The molecule has 132 valence electrons. The number of aryl methyl sites for hydroxylation is 1. The molecule has 26 heavy (non-hydrogen) atoms. The third kappa shape index (κ3) is 3.22. The highest BCUT2D eigenvalue weighted by atomic mass is 16.5. The fourth-order valence-corrected chi connectivity index (χ4v) is 3.36. The van der Waals surface area contributed by atoms with Crippen LogP contribution < -0.4 is 0 Å². The van der Waals surface area contributed by atoms with E-state index in [9.17, 15) is 4.79 Å². The van der Waals surface area contributed by atoms with Gasteiger partial charge in [-0.1, -0.05) is 22.9 Å². The lowest BCUT2D eigenvalue weighted by Gasteiger charge is -2.33. The van der Waals surface area contributed by atoms with Gasteiger partial charge in [-0.2, -0.15) is 4.98 Å². The molecule has 2 aromatic heterocycles. The van der Waals surface area contributed by atoms with Crippen molar-refractivity contribution in [3.05, 3.63) is 65.8 Å². The van der Waals surface area contributed by atoms with Crippen molar-refractivity contribution < 1.29 is 9.32 Å². The SMILES string of the molecule is Cc1cccc(C(=O)N2CCCC[C@H]2c2nc(-c3ccncc3)no2)c1. The summed E-state index contributed by atoms with van der Waals surface area (Å²) < 4.78 is 5.52. The number of amides is 1. The zero-order valence-electron chi connectivity index (χ0n) is 14.6. The molecular weight excluding hydrogens is 328 g/mol. The van der Waals surface area contributed by atoms with Gasteiger partial charge in [-0.25, -0.2) is 0 Å². The van der Waals surface area contributed by atoms with E-state index in [1.807, 2.05) is 48.2 Å². The summed E-state index contributed by atoms with van der Waals surface area (Å²) >= 11 is 0. The van der Waals surface area contributed by atoms with Crippen LogP contribution in [-0.2, 0) is 0 Å². The Bertz CT molecular complexity index is 907. The summed E-state index contributed by atoms with van der Waals surface area (Å²) in [5, 5.41) is 4.09. The Labute approximate surface area is 151 Å². The van der Waals surface area contributed by atoms with E-state index in [-0.39, 0.29) is 11.9 Å². The van der Waals surface area contributed by atoms with Gasteiger partial charge in [0.2, 0.25) is 11.7 Å². The van der Waals surface area contributed by atoms with E-state index < -0.39 is 0 Å². The second kappa shape index (κ2) is 7.07. The molecule has 0 aliphatic carbocycles. The maximum absolute atomic E-state index is 13.0. The van der Waals surface area contributed by atoms with E-state index in [0.29, 0.717) is 23.8 Å². The number of benzene rings is 1. The number of likely N-dealkylation sites (tertiary alicyclic amines) is 1. The molecule has 0 radical (unpaired) electrons. The number of nitrogens with zero attached hydrogens (tertiary/aromatic N) is 4. The first-order valence-corrected chi connectivity index (χ1v) is 8.84. The molecular formula is C20H20N4O2. The molecule has 0 saturated carbocycles. The number of aromatic nitrogens is 3. The minimum atomic E-state index is -0.181. The average Bonchev–Trinajstić information content (AvgIpc) is 3.18. The largest absolute Gasteiger partial charge is 0.337 e. The minimum absolute atomic E-state index is 0.0158. The monoisotopic (exact) mass is 348 g/mol. The van der Waals surface area contributed by atoms with Crippen molar-refractivity contribution in [3.8, 4) is 11.4 Å². The highest BCUT2D eigenvalue weighted by molar-refractivity contribution is 5.94.